The van der Waals surface area contributed by atoms with Gasteiger partial charge in [-0.2, -0.15) is 0 Å². The molecule has 5 heteroatoms. The average Bonchev–Trinajstić information content (AvgIpc) is 2.88. The molecule has 0 aliphatic rings. The predicted octanol–water partition coefficient (Wildman–Crippen LogP) is 8.25. The van der Waals surface area contributed by atoms with Crippen molar-refractivity contribution in [2.24, 2.45) is 0 Å². The third kappa shape index (κ3) is 17.9. The minimum atomic E-state index is -0.444. The summed E-state index contributed by atoms with van der Waals surface area (Å²) in [7, 11) is 0. The van der Waals surface area contributed by atoms with Crippen LogP contribution in [0.25, 0.3) is 0 Å². The quantitative estimate of drug-likeness (QED) is 0.110. The molecule has 0 spiro atoms. The Kier molecular flexibility index (Phi) is 23.9. The van der Waals surface area contributed by atoms with Gasteiger partial charge in [0, 0.05) is 0 Å². The zero-order chi connectivity index (χ0) is 24.7. The van der Waals surface area contributed by atoms with Crippen molar-refractivity contribution in [1.82, 2.24) is 0 Å². The summed E-state index contributed by atoms with van der Waals surface area (Å²) in [6.45, 7) is 5.17. The van der Waals surface area contributed by atoms with Crippen molar-refractivity contribution in [3.63, 3.8) is 0 Å². The first kappa shape index (κ1) is 34.0. The minimum Gasteiger partial charge on any atom is -1.00 e. The van der Waals surface area contributed by atoms with Gasteiger partial charge in [0.2, 0.25) is 0 Å². The summed E-state index contributed by atoms with van der Waals surface area (Å²) in [5, 5.41) is 0. The molecule has 0 aliphatic heterocycles. The van der Waals surface area contributed by atoms with Gasteiger partial charge in [-0.3, -0.25) is 0 Å². The molecule has 2 rings (SSSR count). The van der Waals surface area contributed by atoms with Crippen LogP contribution < -0.4 is 0 Å². The molecule has 2 aromatic rings. The second kappa shape index (κ2) is 24.6. The van der Waals surface area contributed by atoms with Crippen LogP contribution in [-0.4, -0.2) is 74.0 Å². The monoisotopic (exact) mass is 608 g/mol. The summed E-state index contributed by atoms with van der Waals surface area (Å²) < 4.78 is 10.7. The van der Waals surface area contributed by atoms with Crippen LogP contribution >= 0.6 is 0 Å². The second-order valence-corrected chi connectivity index (χ2v) is 8.51. The van der Waals surface area contributed by atoms with Crippen LogP contribution in [0.2, 0.25) is 0 Å². The van der Waals surface area contributed by atoms with E-state index in [1.54, 1.807) is 24.3 Å². The molecule has 0 unspecified atom stereocenters. The van der Waals surface area contributed by atoms with Crippen LogP contribution in [0, 0.1) is 0 Å². The van der Waals surface area contributed by atoms with Crippen LogP contribution in [0.3, 0.4) is 0 Å². The molecule has 192 valence electrons. The zero-order valence-corrected chi connectivity index (χ0v) is 26.5. The number of esters is 2. The van der Waals surface area contributed by atoms with Gasteiger partial charge < -0.3 is 12.3 Å². The summed E-state index contributed by atoms with van der Waals surface area (Å²) in [4.78, 5) is 24.7. The molecule has 0 saturated heterocycles. The Balaban J connectivity index is -0.00000112. The van der Waals surface area contributed by atoms with E-state index in [4.69, 9.17) is 9.47 Å². The summed E-state index contributed by atoms with van der Waals surface area (Å²) >= 11 is 0. The van der Waals surface area contributed by atoms with Crippen LogP contribution in [0.4, 0.5) is 0 Å². The number of benzene rings is 2. The van der Waals surface area contributed by atoms with E-state index in [2.05, 4.69) is 13.8 Å². The normalized spacial score (nSPS) is 9.89. The van der Waals surface area contributed by atoms with Crippen LogP contribution in [0.15, 0.2) is 60.7 Å². The molecule has 0 N–H and O–H groups in total. The molecular weight excluding hydrogens is 562 g/mol. The summed E-state index contributed by atoms with van der Waals surface area (Å²) in [6.07, 6.45) is 13.6. The Morgan fingerprint density at radius 1 is 0.543 bits per heavy atom. The van der Waals surface area contributed by atoms with E-state index in [1.807, 2.05) is 36.4 Å². The Hall–Kier alpha value is -1.05. The molecule has 0 heterocycles. The van der Waals surface area contributed by atoms with Gasteiger partial charge in [-0.15, -0.1) is 0 Å². The molecule has 0 aromatic heterocycles. The number of rotatable bonds is 16. The summed E-state index contributed by atoms with van der Waals surface area (Å²) in [6, 6.07) is 18.7. The van der Waals surface area contributed by atoms with Crippen molar-refractivity contribution in [3.05, 3.63) is 71.8 Å². The second-order valence-electron chi connectivity index (χ2n) is 8.51. The Morgan fingerprint density at radius 2 is 0.857 bits per heavy atom. The SMILES string of the molecule is CCCCCCCCOC(=O)c1ccccc1C(=O)OCCCCCCCC.[Ba+2].[H-].[H-].c1ccccc1. The van der Waals surface area contributed by atoms with Crippen molar-refractivity contribution in [2.75, 3.05) is 13.2 Å². The summed E-state index contributed by atoms with van der Waals surface area (Å²) in [5.41, 5.74) is 0.586. The standard InChI is InChI=1S/C24H38O4.C6H6.Ba.2H/c1-3-5-7-9-11-15-19-27-23(25)21-17-13-14-18-22(21)24(26)28-20-16-12-10-8-6-4-2;1-2-4-6-5-3-1;;;/h13-14,17-18H,3-12,15-16,19-20H2,1-2H3;1-6H;;;/q;;+2;2*-1. The Bertz CT molecular complexity index is 699. The van der Waals surface area contributed by atoms with Crippen LogP contribution in [0.5, 0.6) is 0 Å². The van der Waals surface area contributed by atoms with Crippen molar-refractivity contribution in [1.29, 1.82) is 0 Å². The molecule has 0 amide bonds. The van der Waals surface area contributed by atoms with E-state index in [0.717, 1.165) is 25.7 Å². The fourth-order valence-electron chi connectivity index (χ4n) is 3.47. The first-order valence-corrected chi connectivity index (χ1v) is 13.1. The van der Waals surface area contributed by atoms with E-state index in [0.29, 0.717) is 24.3 Å². The smallest absolute Gasteiger partial charge is 1.00 e. The van der Waals surface area contributed by atoms with E-state index in [-0.39, 0.29) is 51.7 Å². The molecule has 0 fully saturated rings. The van der Waals surface area contributed by atoms with Gasteiger partial charge in [0.1, 0.15) is 0 Å². The van der Waals surface area contributed by atoms with Gasteiger partial charge in [0.05, 0.1) is 24.3 Å². The van der Waals surface area contributed by atoms with Crippen molar-refractivity contribution in [2.45, 2.75) is 90.9 Å². The number of carbonyl (C=O) groups excluding carboxylic acids is 2. The first-order valence-electron chi connectivity index (χ1n) is 13.1. The van der Waals surface area contributed by atoms with Gasteiger partial charge in [0.25, 0.3) is 0 Å². The maximum atomic E-state index is 12.4. The van der Waals surface area contributed by atoms with Crippen LogP contribution in [0.1, 0.15) is 114 Å². The molecule has 0 saturated carbocycles. The largest absolute Gasteiger partial charge is 2.00 e. The van der Waals surface area contributed by atoms with Gasteiger partial charge in [-0.05, 0) is 25.0 Å². The Morgan fingerprint density at radius 3 is 1.20 bits per heavy atom. The Labute approximate surface area is 256 Å². The van der Waals surface area contributed by atoms with Crippen molar-refractivity contribution in [3.8, 4) is 0 Å². The number of hydrogen-bond acceptors (Lipinski definition) is 4. The van der Waals surface area contributed by atoms with Gasteiger partial charge >= 0.3 is 60.8 Å². The third-order valence-electron chi connectivity index (χ3n) is 5.50. The zero-order valence-electron chi connectivity index (χ0n) is 24.0. The number of carbonyl (C=O) groups is 2. The molecular formula is C30H46BaO4. The summed E-state index contributed by atoms with van der Waals surface area (Å²) in [5.74, 6) is -0.888. The van der Waals surface area contributed by atoms with E-state index < -0.39 is 11.9 Å². The fraction of sp³-hybridized carbons (Fsp3) is 0.533. The van der Waals surface area contributed by atoms with Crippen molar-refractivity contribution < 1.29 is 21.9 Å². The molecule has 0 atom stereocenters. The van der Waals surface area contributed by atoms with E-state index in [9.17, 15) is 9.59 Å². The third-order valence-corrected chi connectivity index (χ3v) is 5.50. The minimum absolute atomic E-state index is 0. The molecule has 4 nitrogen and oxygen atoms in total. The fourth-order valence-corrected chi connectivity index (χ4v) is 3.47. The van der Waals surface area contributed by atoms with E-state index in [1.165, 1.54) is 51.4 Å². The molecule has 35 heavy (non-hydrogen) atoms. The molecule has 0 bridgehead atoms. The van der Waals surface area contributed by atoms with Gasteiger partial charge in [0.15, 0.2) is 0 Å². The van der Waals surface area contributed by atoms with Crippen molar-refractivity contribution >= 4 is 60.8 Å². The molecule has 2 aromatic carbocycles. The predicted molar refractivity (Wildman–Crippen MR) is 148 cm³/mol. The van der Waals surface area contributed by atoms with Gasteiger partial charge in [-0.1, -0.05) is 127 Å². The number of hydrogen-bond donors (Lipinski definition) is 0. The molecule has 0 radical (unpaired) electrons. The van der Waals surface area contributed by atoms with Crippen LogP contribution in [-0.2, 0) is 9.47 Å². The molecule has 0 aliphatic carbocycles. The first-order chi connectivity index (χ1) is 16.7. The maximum Gasteiger partial charge on any atom is 2.00 e. The number of unbranched alkanes of at least 4 members (excludes halogenated alkanes) is 10. The maximum absolute atomic E-state index is 12.4. The average molecular weight is 608 g/mol. The van der Waals surface area contributed by atoms with E-state index >= 15 is 0 Å². The topological polar surface area (TPSA) is 52.6 Å². The van der Waals surface area contributed by atoms with Gasteiger partial charge in [-0.25, -0.2) is 9.59 Å². The number of ether oxygens (including phenoxy) is 2.